The highest BCUT2D eigenvalue weighted by atomic mass is 35.5. The van der Waals surface area contributed by atoms with Crippen LogP contribution in [0.5, 0.6) is 0 Å². The van der Waals surface area contributed by atoms with Gasteiger partial charge in [-0.25, -0.2) is 13.1 Å². The Bertz CT molecular complexity index is 970. The topological polar surface area (TPSA) is 78.5 Å². The van der Waals surface area contributed by atoms with Crippen LogP contribution in [0.15, 0.2) is 53.4 Å². The van der Waals surface area contributed by atoms with Gasteiger partial charge in [-0.15, -0.1) is 12.4 Å². The maximum Gasteiger partial charge on any atom is 0.254 e. The van der Waals surface area contributed by atoms with Gasteiger partial charge in [-0.1, -0.05) is 36.4 Å². The lowest BCUT2D eigenvalue weighted by Crippen LogP contribution is -2.32. The number of sulfonamides is 1. The first-order valence-electron chi connectivity index (χ1n) is 9.58. The molecule has 0 aromatic heterocycles. The lowest BCUT2D eigenvalue weighted by Gasteiger charge is -2.19. The first-order valence-corrected chi connectivity index (χ1v) is 11.1. The van der Waals surface area contributed by atoms with Crippen molar-refractivity contribution in [3.8, 4) is 0 Å². The summed E-state index contributed by atoms with van der Waals surface area (Å²) >= 11 is 0. The van der Waals surface area contributed by atoms with Crippen molar-refractivity contribution in [1.29, 1.82) is 0 Å². The molecule has 0 spiro atoms. The van der Waals surface area contributed by atoms with E-state index in [1.54, 1.807) is 12.1 Å². The van der Waals surface area contributed by atoms with Gasteiger partial charge in [0.25, 0.3) is 5.91 Å². The number of nitrogens with one attached hydrogen (secondary N) is 2. The van der Waals surface area contributed by atoms with E-state index in [0.29, 0.717) is 17.4 Å². The van der Waals surface area contributed by atoms with Crippen LogP contribution >= 0.6 is 12.4 Å². The molecule has 2 N–H and O–H groups in total. The molecule has 0 bridgehead atoms. The molecule has 2 saturated heterocycles. The van der Waals surface area contributed by atoms with E-state index in [9.17, 15) is 13.2 Å². The fourth-order valence-electron chi connectivity index (χ4n) is 4.05. The average Bonchev–Trinajstić information content (AvgIpc) is 3.29. The number of benzene rings is 2. The van der Waals surface area contributed by atoms with Crippen LogP contribution in [0.2, 0.25) is 0 Å². The number of halogens is 1. The van der Waals surface area contributed by atoms with E-state index in [1.807, 2.05) is 42.2 Å². The summed E-state index contributed by atoms with van der Waals surface area (Å²) in [5.74, 6) is 0.930. The van der Waals surface area contributed by atoms with Gasteiger partial charge in [-0.05, 0) is 42.0 Å². The van der Waals surface area contributed by atoms with E-state index in [2.05, 4.69) is 10.0 Å². The Morgan fingerprint density at radius 3 is 2.41 bits per heavy atom. The second-order valence-corrected chi connectivity index (χ2v) is 9.44. The number of nitrogens with zero attached hydrogens (tertiary/aromatic N) is 1. The van der Waals surface area contributed by atoms with E-state index < -0.39 is 10.0 Å². The number of hydrogen-bond donors (Lipinski definition) is 2. The number of carbonyl (C=O) groups excluding carboxylic acids is 1. The fraction of sp³-hybridized carbons (Fsp3) is 0.381. The van der Waals surface area contributed by atoms with Crippen molar-refractivity contribution >= 4 is 28.3 Å². The molecular formula is C21H26ClN3O3S. The molecule has 2 fully saturated rings. The zero-order valence-electron chi connectivity index (χ0n) is 16.3. The minimum Gasteiger partial charge on any atom is -0.338 e. The molecule has 29 heavy (non-hydrogen) atoms. The number of aryl methyl sites for hydroxylation is 1. The van der Waals surface area contributed by atoms with Gasteiger partial charge in [0.2, 0.25) is 10.0 Å². The number of rotatable bonds is 5. The third-order valence-corrected chi connectivity index (χ3v) is 7.13. The quantitative estimate of drug-likeness (QED) is 0.754. The Hall–Kier alpha value is -1.93. The zero-order chi connectivity index (χ0) is 19.7. The van der Waals surface area contributed by atoms with Gasteiger partial charge < -0.3 is 10.2 Å². The Kier molecular flexibility index (Phi) is 6.63. The third-order valence-electron chi connectivity index (χ3n) is 5.74. The Balaban J connectivity index is 0.00000240. The summed E-state index contributed by atoms with van der Waals surface area (Å²) in [6.07, 6.45) is 0. The van der Waals surface area contributed by atoms with Gasteiger partial charge in [-0.2, -0.15) is 0 Å². The van der Waals surface area contributed by atoms with Crippen molar-refractivity contribution in [2.24, 2.45) is 11.8 Å². The SMILES string of the molecule is Cc1ccc(S(=O)(=O)NCc2ccccc2)cc1C(=O)N1C[C@H]2CNC[C@H]2C1.Cl. The van der Waals surface area contributed by atoms with Crippen molar-refractivity contribution in [2.45, 2.75) is 18.4 Å². The highest BCUT2D eigenvalue weighted by Crippen LogP contribution is 2.28. The molecule has 8 heteroatoms. The molecule has 2 aromatic rings. The smallest absolute Gasteiger partial charge is 0.254 e. The molecule has 0 radical (unpaired) electrons. The monoisotopic (exact) mass is 435 g/mol. The maximum absolute atomic E-state index is 13.0. The summed E-state index contributed by atoms with van der Waals surface area (Å²) in [5.41, 5.74) is 2.14. The summed E-state index contributed by atoms with van der Waals surface area (Å²) in [6, 6.07) is 14.1. The molecule has 156 valence electrons. The molecule has 4 rings (SSSR count). The average molecular weight is 436 g/mol. The largest absolute Gasteiger partial charge is 0.338 e. The Morgan fingerprint density at radius 1 is 1.10 bits per heavy atom. The summed E-state index contributed by atoms with van der Waals surface area (Å²) in [4.78, 5) is 15.0. The molecule has 2 heterocycles. The molecule has 6 nitrogen and oxygen atoms in total. The van der Waals surface area contributed by atoms with Crippen molar-refractivity contribution in [3.63, 3.8) is 0 Å². The first kappa shape index (κ1) is 21.8. The molecular weight excluding hydrogens is 410 g/mol. The summed E-state index contributed by atoms with van der Waals surface area (Å²) in [7, 11) is -3.70. The maximum atomic E-state index is 13.0. The summed E-state index contributed by atoms with van der Waals surface area (Å²) in [6.45, 7) is 5.43. The second-order valence-electron chi connectivity index (χ2n) is 7.68. The molecule has 2 aliphatic heterocycles. The Morgan fingerprint density at radius 2 is 1.76 bits per heavy atom. The van der Waals surface area contributed by atoms with Gasteiger partial charge in [0, 0.05) is 38.3 Å². The minimum atomic E-state index is -3.70. The molecule has 0 unspecified atom stereocenters. The minimum absolute atomic E-state index is 0. The van der Waals surface area contributed by atoms with Crippen molar-refractivity contribution in [3.05, 3.63) is 65.2 Å². The summed E-state index contributed by atoms with van der Waals surface area (Å²) < 4.78 is 28.1. The van der Waals surface area contributed by atoms with E-state index >= 15 is 0 Å². The predicted molar refractivity (Wildman–Crippen MR) is 115 cm³/mol. The number of fused-ring (bicyclic) bond motifs is 1. The number of hydrogen-bond acceptors (Lipinski definition) is 4. The van der Waals surface area contributed by atoms with E-state index in [4.69, 9.17) is 0 Å². The lowest BCUT2D eigenvalue weighted by atomic mass is 10.0. The van der Waals surface area contributed by atoms with Crippen LogP contribution in [0, 0.1) is 18.8 Å². The van der Waals surface area contributed by atoms with Gasteiger partial charge in [0.05, 0.1) is 4.90 Å². The van der Waals surface area contributed by atoms with Crippen LogP contribution in [-0.4, -0.2) is 45.4 Å². The van der Waals surface area contributed by atoms with Crippen molar-refractivity contribution < 1.29 is 13.2 Å². The molecule has 0 saturated carbocycles. The Labute approximate surface area is 178 Å². The van der Waals surface area contributed by atoms with Crippen LogP contribution in [0.25, 0.3) is 0 Å². The normalized spacial score (nSPS) is 20.9. The molecule has 1 amide bonds. The van der Waals surface area contributed by atoms with Gasteiger partial charge in [0.1, 0.15) is 0 Å². The third kappa shape index (κ3) is 4.64. The van der Waals surface area contributed by atoms with E-state index in [1.165, 1.54) is 6.07 Å². The molecule has 2 aromatic carbocycles. The molecule has 2 atom stereocenters. The number of amides is 1. The van der Waals surface area contributed by atoms with Crippen LogP contribution in [0.4, 0.5) is 0 Å². The van der Waals surface area contributed by atoms with Crippen LogP contribution in [0.3, 0.4) is 0 Å². The van der Waals surface area contributed by atoms with Crippen LogP contribution in [0.1, 0.15) is 21.5 Å². The van der Waals surface area contributed by atoms with Gasteiger partial charge >= 0.3 is 0 Å². The molecule has 2 aliphatic rings. The highest BCUT2D eigenvalue weighted by Gasteiger charge is 2.38. The number of carbonyl (C=O) groups is 1. The van der Waals surface area contributed by atoms with E-state index in [-0.39, 0.29) is 29.8 Å². The molecule has 0 aliphatic carbocycles. The zero-order valence-corrected chi connectivity index (χ0v) is 17.9. The predicted octanol–water partition coefficient (Wildman–Crippen LogP) is 2.19. The second kappa shape index (κ2) is 8.83. The standard InChI is InChI=1S/C21H25N3O3S.ClH/c1-15-7-8-19(28(26,27)23-10-16-5-3-2-4-6-16)9-20(15)21(25)24-13-17-11-22-12-18(17)14-24;/h2-9,17-18,22-23H,10-14H2,1H3;1H/t17-,18+;. The van der Waals surface area contributed by atoms with Crippen molar-refractivity contribution in [1.82, 2.24) is 14.9 Å². The highest BCUT2D eigenvalue weighted by molar-refractivity contribution is 7.89. The fourth-order valence-corrected chi connectivity index (χ4v) is 5.09. The van der Waals surface area contributed by atoms with E-state index in [0.717, 1.165) is 37.3 Å². The lowest BCUT2D eigenvalue weighted by molar-refractivity contribution is 0.0780. The van der Waals surface area contributed by atoms with Crippen LogP contribution in [-0.2, 0) is 16.6 Å². The first-order chi connectivity index (χ1) is 13.4. The van der Waals surface area contributed by atoms with Gasteiger partial charge in [0.15, 0.2) is 0 Å². The van der Waals surface area contributed by atoms with Crippen molar-refractivity contribution in [2.75, 3.05) is 26.2 Å². The summed E-state index contributed by atoms with van der Waals surface area (Å²) in [5, 5.41) is 3.37. The van der Waals surface area contributed by atoms with Crippen LogP contribution < -0.4 is 10.0 Å². The van der Waals surface area contributed by atoms with Gasteiger partial charge in [-0.3, -0.25) is 4.79 Å². The number of likely N-dealkylation sites (tertiary alicyclic amines) is 1.